The molecule has 1 heterocycles. The lowest BCUT2D eigenvalue weighted by Gasteiger charge is -2.35. The van der Waals surface area contributed by atoms with Gasteiger partial charge < -0.3 is 5.32 Å². The highest BCUT2D eigenvalue weighted by molar-refractivity contribution is 5.01. The van der Waals surface area contributed by atoms with Crippen LogP contribution in [0.3, 0.4) is 0 Å². The fourth-order valence-electron chi connectivity index (χ4n) is 2.72. The molecule has 2 rings (SSSR count). The third kappa shape index (κ3) is 3.77. The molecule has 3 nitrogen and oxygen atoms in total. The van der Waals surface area contributed by atoms with E-state index in [1.807, 2.05) is 19.2 Å². The molecule has 1 atom stereocenters. The minimum atomic E-state index is 0.498. The summed E-state index contributed by atoms with van der Waals surface area (Å²) in [6, 6.07) is 2.64. The topological polar surface area (TPSA) is 37.8 Å². The molecule has 0 aliphatic heterocycles. The lowest BCUT2D eigenvalue weighted by atomic mass is 9.75. The van der Waals surface area contributed by atoms with Crippen LogP contribution in [0.25, 0.3) is 0 Å². The zero-order chi connectivity index (χ0) is 12.3. The largest absolute Gasteiger partial charge is 0.308 e. The van der Waals surface area contributed by atoms with Gasteiger partial charge in [0.05, 0.1) is 5.69 Å². The minimum Gasteiger partial charge on any atom is -0.308 e. The van der Waals surface area contributed by atoms with E-state index in [2.05, 4.69) is 29.1 Å². The first-order chi connectivity index (χ1) is 8.05. The summed E-state index contributed by atoms with van der Waals surface area (Å²) in [6.07, 6.45) is 7.11. The molecule has 0 bridgehead atoms. The fourth-order valence-corrected chi connectivity index (χ4v) is 2.72. The van der Waals surface area contributed by atoms with Crippen LogP contribution in [0.4, 0.5) is 0 Å². The zero-order valence-corrected chi connectivity index (χ0v) is 11.2. The molecule has 1 aromatic heterocycles. The van der Waals surface area contributed by atoms with E-state index in [9.17, 15) is 0 Å². The van der Waals surface area contributed by atoms with Gasteiger partial charge in [-0.25, -0.2) is 9.97 Å². The number of rotatable bonds is 3. The van der Waals surface area contributed by atoms with Crippen molar-refractivity contribution in [2.24, 2.45) is 5.41 Å². The molecule has 1 saturated carbocycles. The van der Waals surface area contributed by atoms with Crippen LogP contribution in [0.15, 0.2) is 12.3 Å². The van der Waals surface area contributed by atoms with Gasteiger partial charge in [-0.05, 0) is 37.7 Å². The van der Waals surface area contributed by atoms with Crippen LogP contribution < -0.4 is 5.32 Å². The van der Waals surface area contributed by atoms with Gasteiger partial charge in [-0.15, -0.1) is 0 Å². The van der Waals surface area contributed by atoms with Crippen LogP contribution in [0.1, 0.15) is 51.0 Å². The van der Waals surface area contributed by atoms with Gasteiger partial charge in [-0.2, -0.15) is 0 Å². The Hall–Kier alpha value is -0.960. The molecular formula is C14H23N3. The Bertz CT molecular complexity index is 373. The van der Waals surface area contributed by atoms with Crippen molar-refractivity contribution in [3.8, 4) is 0 Å². The number of nitrogens with zero attached hydrogens (tertiary/aromatic N) is 2. The molecule has 0 saturated heterocycles. The average molecular weight is 233 g/mol. The van der Waals surface area contributed by atoms with E-state index in [0.29, 0.717) is 11.5 Å². The van der Waals surface area contributed by atoms with Crippen molar-refractivity contribution in [2.75, 3.05) is 0 Å². The zero-order valence-electron chi connectivity index (χ0n) is 11.2. The van der Waals surface area contributed by atoms with Gasteiger partial charge in [0, 0.05) is 18.8 Å². The van der Waals surface area contributed by atoms with Gasteiger partial charge in [0.15, 0.2) is 0 Å². The van der Waals surface area contributed by atoms with E-state index >= 15 is 0 Å². The first-order valence-electron chi connectivity index (χ1n) is 6.57. The number of hydrogen-bond donors (Lipinski definition) is 1. The molecule has 1 aromatic rings. The van der Waals surface area contributed by atoms with Crippen molar-refractivity contribution < 1.29 is 0 Å². The monoisotopic (exact) mass is 233 g/mol. The maximum Gasteiger partial charge on any atom is 0.125 e. The Labute approximate surface area is 104 Å². The van der Waals surface area contributed by atoms with Crippen molar-refractivity contribution in [3.63, 3.8) is 0 Å². The highest BCUT2D eigenvalue weighted by Gasteiger charge is 2.27. The molecule has 1 unspecified atom stereocenters. The van der Waals surface area contributed by atoms with Crippen LogP contribution in [-0.2, 0) is 6.54 Å². The quantitative estimate of drug-likeness (QED) is 0.872. The molecule has 1 fully saturated rings. The summed E-state index contributed by atoms with van der Waals surface area (Å²) in [6.45, 7) is 7.54. The molecule has 0 spiro atoms. The maximum atomic E-state index is 4.42. The second kappa shape index (κ2) is 5.13. The molecule has 1 aliphatic rings. The van der Waals surface area contributed by atoms with E-state index in [0.717, 1.165) is 18.1 Å². The van der Waals surface area contributed by atoms with Crippen molar-refractivity contribution >= 4 is 0 Å². The van der Waals surface area contributed by atoms with E-state index in [-0.39, 0.29) is 0 Å². The van der Waals surface area contributed by atoms with Crippen LogP contribution in [0.5, 0.6) is 0 Å². The molecule has 0 aromatic carbocycles. The van der Waals surface area contributed by atoms with Crippen LogP contribution in [0.2, 0.25) is 0 Å². The number of aromatic nitrogens is 2. The summed E-state index contributed by atoms with van der Waals surface area (Å²) < 4.78 is 0. The second-order valence-corrected chi connectivity index (χ2v) is 5.93. The summed E-state index contributed by atoms with van der Waals surface area (Å²) in [7, 11) is 0. The molecule has 94 valence electrons. The molecule has 1 aliphatic carbocycles. The maximum absolute atomic E-state index is 4.42. The first-order valence-corrected chi connectivity index (χ1v) is 6.57. The highest BCUT2D eigenvalue weighted by Crippen LogP contribution is 2.35. The van der Waals surface area contributed by atoms with E-state index < -0.39 is 0 Å². The molecular weight excluding hydrogens is 210 g/mol. The second-order valence-electron chi connectivity index (χ2n) is 5.93. The lowest BCUT2D eigenvalue weighted by Crippen LogP contribution is -2.37. The summed E-state index contributed by atoms with van der Waals surface area (Å²) >= 11 is 0. The van der Waals surface area contributed by atoms with Crippen LogP contribution in [-0.4, -0.2) is 16.0 Å². The summed E-state index contributed by atoms with van der Waals surface area (Å²) in [4.78, 5) is 8.54. The van der Waals surface area contributed by atoms with Crippen LogP contribution in [0, 0.1) is 12.3 Å². The average Bonchev–Trinajstić information content (AvgIpc) is 2.25. The van der Waals surface area contributed by atoms with E-state index in [1.165, 1.54) is 25.7 Å². The molecule has 1 N–H and O–H groups in total. The molecule has 17 heavy (non-hydrogen) atoms. The minimum absolute atomic E-state index is 0.498. The molecule has 0 radical (unpaired) electrons. The molecule has 3 heteroatoms. The van der Waals surface area contributed by atoms with Gasteiger partial charge in [-0.1, -0.05) is 20.3 Å². The van der Waals surface area contributed by atoms with Crippen LogP contribution >= 0.6 is 0 Å². The summed E-state index contributed by atoms with van der Waals surface area (Å²) in [5.74, 6) is 0.855. The number of hydrogen-bond acceptors (Lipinski definition) is 3. The predicted octanol–water partition coefficient (Wildman–Crippen LogP) is 2.84. The van der Waals surface area contributed by atoms with Gasteiger partial charge >= 0.3 is 0 Å². The third-order valence-corrected chi connectivity index (χ3v) is 3.61. The number of aryl methyl sites for hydroxylation is 1. The molecule has 0 amide bonds. The Morgan fingerprint density at radius 3 is 3.00 bits per heavy atom. The smallest absolute Gasteiger partial charge is 0.125 e. The fraction of sp³-hybridized carbons (Fsp3) is 0.714. The van der Waals surface area contributed by atoms with Gasteiger partial charge in [0.1, 0.15) is 5.82 Å². The van der Waals surface area contributed by atoms with Crippen molar-refractivity contribution in [2.45, 2.75) is 59.0 Å². The third-order valence-electron chi connectivity index (χ3n) is 3.61. The summed E-state index contributed by atoms with van der Waals surface area (Å²) in [5.41, 5.74) is 1.60. The van der Waals surface area contributed by atoms with E-state index in [4.69, 9.17) is 0 Å². The van der Waals surface area contributed by atoms with Gasteiger partial charge in [-0.3, -0.25) is 0 Å². The first kappa shape index (κ1) is 12.5. The van der Waals surface area contributed by atoms with Gasteiger partial charge in [0.2, 0.25) is 0 Å². The number of nitrogens with one attached hydrogen (secondary N) is 1. The van der Waals surface area contributed by atoms with Crippen molar-refractivity contribution in [1.29, 1.82) is 0 Å². The van der Waals surface area contributed by atoms with Gasteiger partial charge in [0.25, 0.3) is 0 Å². The Balaban J connectivity index is 1.86. The standard InChI is InChI=1S/C14H23N3/c1-11-15-8-6-13(17-11)10-16-12-5-4-7-14(2,3)9-12/h6,8,12,16H,4-5,7,9-10H2,1-3H3. The normalized spacial score (nSPS) is 23.6. The SMILES string of the molecule is Cc1nccc(CNC2CCCC(C)(C)C2)n1. The Kier molecular flexibility index (Phi) is 3.77. The summed E-state index contributed by atoms with van der Waals surface area (Å²) in [5, 5.41) is 3.63. The van der Waals surface area contributed by atoms with Crippen molar-refractivity contribution in [3.05, 3.63) is 23.8 Å². The lowest BCUT2D eigenvalue weighted by molar-refractivity contribution is 0.197. The Morgan fingerprint density at radius 1 is 1.47 bits per heavy atom. The Morgan fingerprint density at radius 2 is 2.29 bits per heavy atom. The highest BCUT2D eigenvalue weighted by atomic mass is 15.0. The van der Waals surface area contributed by atoms with Crippen molar-refractivity contribution in [1.82, 2.24) is 15.3 Å². The predicted molar refractivity (Wildman–Crippen MR) is 69.6 cm³/mol. The van der Waals surface area contributed by atoms with E-state index in [1.54, 1.807) is 0 Å².